The van der Waals surface area contributed by atoms with Crippen LogP contribution < -0.4 is 0 Å². The predicted molar refractivity (Wildman–Crippen MR) is 65.1 cm³/mol. The number of aliphatic carboxylic acids is 2. The molecule has 0 unspecified atom stereocenters. The molecule has 0 aromatic heterocycles. The molecule has 0 radical (unpaired) electrons. The van der Waals surface area contributed by atoms with E-state index in [0.717, 1.165) is 0 Å². The first kappa shape index (κ1) is 22.0. The summed E-state index contributed by atoms with van der Waals surface area (Å²) in [4.78, 5) is 19.4. The van der Waals surface area contributed by atoms with Gasteiger partial charge in [-0.3, -0.25) is 9.59 Å². The maximum atomic E-state index is 9.70. The molecule has 0 aromatic rings. The van der Waals surface area contributed by atoms with Gasteiger partial charge in [-0.1, -0.05) is 27.7 Å². The van der Waals surface area contributed by atoms with E-state index in [2.05, 4.69) is 0 Å². The van der Waals surface area contributed by atoms with Crippen molar-refractivity contribution in [2.45, 2.75) is 33.8 Å². The van der Waals surface area contributed by atoms with Gasteiger partial charge in [0.2, 0.25) is 0 Å². The van der Waals surface area contributed by atoms with Crippen molar-refractivity contribution in [3.63, 3.8) is 0 Å². The van der Waals surface area contributed by atoms with Crippen molar-refractivity contribution in [1.82, 2.24) is 0 Å². The van der Waals surface area contributed by atoms with Crippen LogP contribution in [0.25, 0.3) is 0 Å². The van der Waals surface area contributed by atoms with Crippen LogP contribution in [0, 0.1) is 11.8 Å². The van der Waals surface area contributed by atoms with Crippen LogP contribution in [0.15, 0.2) is 0 Å². The Kier molecular flexibility index (Phi) is 17.0. The highest BCUT2D eigenvalue weighted by Gasteiger charge is 1.99. The van der Waals surface area contributed by atoms with E-state index in [1.165, 1.54) is 0 Å². The van der Waals surface area contributed by atoms with Crippen LogP contribution in [0.1, 0.15) is 27.7 Å². The van der Waals surface area contributed by atoms with Crippen molar-refractivity contribution in [1.29, 1.82) is 0 Å². The molecule has 0 heterocycles. The molecule has 0 saturated carbocycles. The molecule has 0 aliphatic rings. The van der Waals surface area contributed by atoms with E-state index in [0.29, 0.717) is 0 Å². The third-order valence-electron chi connectivity index (χ3n) is 1.41. The van der Waals surface area contributed by atoms with E-state index < -0.39 is 18.0 Å². The molecule has 0 amide bonds. The van der Waals surface area contributed by atoms with Gasteiger partial charge in [-0.2, -0.15) is 0 Å². The second kappa shape index (κ2) is 13.9. The average molecular weight is 268 g/mol. The summed E-state index contributed by atoms with van der Waals surface area (Å²) in [5.41, 5.74) is 0. The molecule has 0 aliphatic carbocycles. The van der Waals surface area contributed by atoms with E-state index in [4.69, 9.17) is 25.5 Å². The number of carbonyl (C=O) groups is 2. The topological polar surface area (TPSA) is 135 Å². The second-order valence-corrected chi connectivity index (χ2v) is 4.00. The Hall–Kier alpha value is -1.18. The molecule has 0 bridgehead atoms. The minimum Gasteiger partial charge on any atom is -0.481 e. The Morgan fingerprint density at radius 3 is 1.00 bits per heavy atom. The standard InChI is InChI=1S/2C4H8O2.C3H8O3/c2*1-3(2)4(5)6;4-1-3(6)2-5/h2*3H,1-2H3,(H,5,6);3-6H,1-2H2. The molecular weight excluding hydrogens is 244 g/mol. The summed E-state index contributed by atoms with van der Waals surface area (Å²) in [5.74, 6) is -1.94. The largest absolute Gasteiger partial charge is 0.481 e. The van der Waals surface area contributed by atoms with E-state index in [1.807, 2.05) is 0 Å². The van der Waals surface area contributed by atoms with Gasteiger partial charge in [0.1, 0.15) is 6.10 Å². The van der Waals surface area contributed by atoms with Crippen LogP contribution in [-0.2, 0) is 9.59 Å². The van der Waals surface area contributed by atoms with Crippen LogP contribution in [-0.4, -0.2) is 56.8 Å². The molecule has 7 heteroatoms. The summed E-state index contributed by atoms with van der Waals surface area (Å²) in [6.07, 6.45) is -0.954. The summed E-state index contributed by atoms with van der Waals surface area (Å²) < 4.78 is 0. The average Bonchev–Trinajstić information content (AvgIpc) is 2.29. The number of carboxylic acid groups (broad SMARTS) is 2. The summed E-state index contributed by atoms with van der Waals surface area (Å²) in [6.45, 7) is 5.84. The Morgan fingerprint density at radius 2 is 1.00 bits per heavy atom. The SMILES string of the molecule is CC(C)C(=O)O.CC(C)C(=O)O.OCC(O)CO. The summed E-state index contributed by atoms with van der Waals surface area (Å²) in [6, 6.07) is 0. The van der Waals surface area contributed by atoms with Crippen LogP contribution >= 0.6 is 0 Å². The maximum Gasteiger partial charge on any atom is 0.305 e. The normalized spacial score (nSPS) is 9.44. The quantitative estimate of drug-likeness (QED) is 0.476. The number of aliphatic hydroxyl groups excluding tert-OH is 3. The predicted octanol–water partition coefficient (Wildman–Crippen LogP) is -0.214. The van der Waals surface area contributed by atoms with Crippen LogP contribution in [0.2, 0.25) is 0 Å². The van der Waals surface area contributed by atoms with Crippen LogP contribution in [0.5, 0.6) is 0 Å². The molecule has 0 spiro atoms. The molecule has 5 N–H and O–H groups in total. The lowest BCUT2D eigenvalue weighted by molar-refractivity contribution is -0.141. The zero-order valence-electron chi connectivity index (χ0n) is 11.2. The molecule has 7 nitrogen and oxygen atoms in total. The lowest BCUT2D eigenvalue weighted by Gasteiger charge is -1.96. The van der Waals surface area contributed by atoms with Gasteiger partial charge in [0.05, 0.1) is 25.0 Å². The van der Waals surface area contributed by atoms with Gasteiger partial charge in [0.25, 0.3) is 0 Å². The zero-order valence-corrected chi connectivity index (χ0v) is 11.2. The minimum atomic E-state index is -0.954. The first-order valence-corrected chi connectivity index (χ1v) is 5.45. The van der Waals surface area contributed by atoms with Crippen molar-refractivity contribution >= 4 is 11.9 Å². The zero-order chi connectivity index (χ0) is 15.3. The lowest BCUT2D eigenvalue weighted by atomic mass is 10.2. The maximum absolute atomic E-state index is 9.70. The first-order chi connectivity index (χ1) is 8.09. The summed E-state index contributed by atoms with van der Waals surface area (Å²) in [7, 11) is 0. The van der Waals surface area contributed by atoms with Crippen LogP contribution in [0.4, 0.5) is 0 Å². The number of aliphatic hydroxyl groups is 3. The molecule has 0 fully saturated rings. The monoisotopic (exact) mass is 268 g/mol. The molecule has 110 valence electrons. The van der Waals surface area contributed by atoms with Gasteiger partial charge in [-0.15, -0.1) is 0 Å². The summed E-state index contributed by atoms with van der Waals surface area (Å²) in [5, 5.41) is 40.0. The van der Waals surface area contributed by atoms with Crippen molar-refractivity contribution in [3.05, 3.63) is 0 Å². The van der Waals surface area contributed by atoms with Crippen molar-refractivity contribution in [3.8, 4) is 0 Å². The Balaban J connectivity index is -0.000000187. The summed E-state index contributed by atoms with van der Waals surface area (Å²) >= 11 is 0. The lowest BCUT2D eigenvalue weighted by Crippen LogP contribution is -2.15. The third-order valence-corrected chi connectivity index (χ3v) is 1.41. The van der Waals surface area contributed by atoms with Gasteiger partial charge >= 0.3 is 11.9 Å². The smallest absolute Gasteiger partial charge is 0.305 e. The van der Waals surface area contributed by atoms with Gasteiger partial charge in [0.15, 0.2) is 0 Å². The number of hydrogen-bond acceptors (Lipinski definition) is 5. The Morgan fingerprint density at radius 1 is 0.833 bits per heavy atom. The van der Waals surface area contributed by atoms with E-state index >= 15 is 0 Å². The Bertz CT molecular complexity index is 191. The van der Waals surface area contributed by atoms with Gasteiger partial charge in [-0.05, 0) is 0 Å². The fourth-order valence-corrected chi connectivity index (χ4v) is 0.0577. The number of rotatable bonds is 4. The highest BCUT2D eigenvalue weighted by molar-refractivity contribution is 5.69. The first-order valence-electron chi connectivity index (χ1n) is 5.45. The van der Waals surface area contributed by atoms with Crippen LogP contribution in [0.3, 0.4) is 0 Å². The van der Waals surface area contributed by atoms with Crippen molar-refractivity contribution in [2.75, 3.05) is 13.2 Å². The molecule has 18 heavy (non-hydrogen) atoms. The number of carboxylic acids is 2. The molecule has 0 atom stereocenters. The van der Waals surface area contributed by atoms with Gasteiger partial charge in [-0.25, -0.2) is 0 Å². The molecule has 0 rings (SSSR count). The number of hydrogen-bond donors (Lipinski definition) is 5. The molecule has 0 aliphatic heterocycles. The van der Waals surface area contributed by atoms with Crippen molar-refractivity contribution < 1.29 is 35.1 Å². The fourth-order valence-electron chi connectivity index (χ4n) is 0.0577. The van der Waals surface area contributed by atoms with Gasteiger partial charge in [0, 0.05) is 0 Å². The third kappa shape index (κ3) is 24.2. The molecule has 0 saturated heterocycles. The highest BCUT2D eigenvalue weighted by Crippen LogP contribution is 1.87. The second-order valence-electron chi connectivity index (χ2n) is 4.00. The van der Waals surface area contributed by atoms with E-state index in [1.54, 1.807) is 27.7 Å². The van der Waals surface area contributed by atoms with Gasteiger partial charge < -0.3 is 25.5 Å². The minimum absolute atomic E-state index is 0.231. The molecule has 0 aromatic carbocycles. The highest BCUT2D eigenvalue weighted by atomic mass is 16.4. The van der Waals surface area contributed by atoms with Crippen molar-refractivity contribution in [2.24, 2.45) is 11.8 Å². The Labute approximate surface area is 107 Å². The fraction of sp³-hybridized carbons (Fsp3) is 0.818. The van der Waals surface area contributed by atoms with E-state index in [-0.39, 0.29) is 25.0 Å². The molecular formula is C11H24O7. The van der Waals surface area contributed by atoms with E-state index in [9.17, 15) is 9.59 Å².